The van der Waals surface area contributed by atoms with E-state index in [0.717, 1.165) is 17.3 Å². The first kappa shape index (κ1) is 21.5. The first-order chi connectivity index (χ1) is 15.3. The van der Waals surface area contributed by atoms with Gasteiger partial charge in [-0.1, -0.05) is 6.08 Å². The molecule has 3 amide bonds. The first-order valence-corrected chi connectivity index (χ1v) is 10.3. The molecule has 0 aliphatic carbocycles. The second kappa shape index (κ2) is 8.43. The molecule has 0 saturated heterocycles. The number of rotatable bonds is 3. The number of hydrazine groups is 1. The molecule has 9 nitrogen and oxygen atoms in total. The number of halogens is 1. The predicted octanol–water partition coefficient (Wildman–Crippen LogP) is 3.04. The molecule has 2 aliphatic heterocycles. The molecule has 2 aromatic rings. The number of nitrogens with one attached hydrogen (secondary N) is 1. The maximum Gasteiger partial charge on any atom is 0.322 e. The van der Waals surface area contributed by atoms with E-state index in [4.69, 9.17) is 6.57 Å². The molecule has 0 fully saturated rings. The molecule has 0 saturated carbocycles. The van der Waals surface area contributed by atoms with Gasteiger partial charge in [0.05, 0.1) is 25.4 Å². The molecule has 1 aromatic heterocycles. The van der Waals surface area contributed by atoms with Crippen molar-refractivity contribution in [3.63, 3.8) is 0 Å². The molecule has 32 heavy (non-hydrogen) atoms. The highest BCUT2D eigenvalue weighted by Gasteiger charge is 2.36. The van der Waals surface area contributed by atoms with E-state index in [1.165, 1.54) is 12.1 Å². The fraction of sp³-hybridized carbons (Fsp3) is 0.364. The van der Waals surface area contributed by atoms with E-state index < -0.39 is 5.82 Å². The Morgan fingerprint density at radius 2 is 2.22 bits per heavy atom. The van der Waals surface area contributed by atoms with Gasteiger partial charge in [0.25, 0.3) is 5.91 Å². The number of fused-ring (bicyclic) bond motifs is 3. The molecule has 1 atom stereocenters. The van der Waals surface area contributed by atoms with E-state index in [1.54, 1.807) is 27.7 Å². The lowest BCUT2D eigenvalue weighted by Gasteiger charge is -2.34. The summed E-state index contributed by atoms with van der Waals surface area (Å²) in [6, 6.07) is 3.35. The zero-order valence-corrected chi connectivity index (χ0v) is 18.0. The number of amides is 3. The summed E-state index contributed by atoms with van der Waals surface area (Å²) in [6.45, 7) is 14.7. The van der Waals surface area contributed by atoms with E-state index in [2.05, 4.69) is 21.8 Å². The van der Waals surface area contributed by atoms with Gasteiger partial charge in [-0.15, -0.1) is 6.58 Å². The lowest BCUT2D eigenvalue weighted by atomic mass is 9.99. The lowest BCUT2D eigenvalue weighted by Crippen LogP contribution is -2.46. The summed E-state index contributed by atoms with van der Waals surface area (Å²) in [4.78, 5) is 31.0. The summed E-state index contributed by atoms with van der Waals surface area (Å²) < 4.78 is 15.3. The van der Waals surface area contributed by atoms with Crippen molar-refractivity contribution >= 4 is 23.3 Å². The van der Waals surface area contributed by atoms with Crippen LogP contribution in [0.2, 0.25) is 0 Å². The number of carbonyl (C=O) groups excluding carboxylic acids is 2. The number of hydrogen-bond donors (Lipinski definition) is 1. The van der Waals surface area contributed by atoms with Crippen molar-refractivity contribution in [2.75, 3.05) is 25.5 Å². The highest BCUT2D eigenvalue weighted by atomic mass is 19.1. The highest BCUT2D eigenvalue weighted by molar-refractivity contribution is 5.95. The zero-order chi connectivity index (χ0) is 23.0. The zero-order valence-electron chi connectivity index (χ0n) is 18.0. The molecule has 1 N–H and O–H groups in total. The maximum absolute atomic E-state index is 13.6. The molecule has 4 rings (SSSR count). The normalized spacial score (nSPS) is 18.4. The molecular formula is C22H24FN7O2. The summed E-state index contributed by atoms with van der Waals surface area (Å²) in [5.41, 5.74) is 2.25. The minimum atomic E-state index is -0.635. The average molecular weight is 437 g/mol. The van der Waals surface area contributed by atoms with E-state index in [1.807, 2.05) is 11.9 Å². The van der Waals surface area contributed by atoms with Gasteiger partial charge >= 0.3 is 6.03 Å². The summed E-state index contributed by atoms with van der Waals surface area (Å²) in [5, 5.41) is 10.9. The van der Waals surface area contributed by atoms with Crippen LogP contribution < -0.4 is 5.32 Å². The maximum atomic E-state index is 13.6. The number of carbonyl (C=O) groups is 2. The van der Waals surface area contributed by atoms with E-state index in [0.29, 0.717) is 37.4 Å². The Morgan fingerprint density at radius 1 is 1.44 bits per heavy atom. The summed E-state index contributed by atoms with van der Waals surface area (Å²) in [6.07, 6.45) is 2.27. The fourth-order valence-corrected chi connectivity index (χ4v) is 4.14. The van der Waals surface area contributed by atoms with Crippen molar-refractivity contribution in [1.29, 1.82) is 0 Å². The Morgan fingerprint density at radius 3 is 2.94 bits per heavy atom. The number of aromatic nitrogens is 2. The van der Waals surface area contributed by atoms with Gasteiger partial charge in [-0.25, -0.2) is 19.0 Å². The molecule has 2 aliphatic rings. The third-order valence-electron chi connectivity index (χ3n) is 5.89. The summed E-state index contributed by atoms with van der Waals surface area (Å²) >= 11 is 0. The van der Waals surface area contributed by atoms with Crippen LogP contribution in [0.15, 0.2) is 30.9 Å². The Labute approximate surface area is 185 Å². The lowest BCUT2D eigenvalue weighted by molar-refractivity contribution is 0.0153. The van der Waals surface area contributed by atoms with Gasteiger partial charge in [0.15, 0.2) is 0 Å². The topological polar surface area (TPSA) is 78.1 Å². The van der Waals surface area contributed by atoms with Crippen molar-refractivity contribution in [2.24, 2.45) is 0 Å². The van der Waals surface area contributed by atoms with Crippen molar-refractivity contribution < 1.29 is 14.0 Å². The molecule has 3 heterocycles. The Hall–Kier alpha value is -3.71. The number of urea groups is 1. The number of benzene rings is 1. The van der Waals surface area contributed by atoms with Gasteiger partial charge in [0, 0.05) is 43.9 Å². The average Bonchev–Trinajstić information content (AvgIpc) is 3.07. The van der Waals surface area contributed by atoms with Gasteiger partial charge in [-0.05, 0) is 25.1 Å². The summed E-state index contributed by atoms with van der Waals surface area (Å²) in [5.74, 6) is -0.807. The third kappa shape index (κ3) is 3.71. The standard InChI is InChI=1S/C22H24FN7O2/c1-5-8-28-9-10-30-20(21(31)27(28)4)16-13-29(14(2)11-18(16)26-30)22(32)25-15-6-7-17(23)19(12-15)24-3/h5-7,12,14H,1,8-11,13H2,2,4H3,(H,25,32)/t14-/m1/s1. The van der Waals surface area contributed by atoms with Crippen molar-refractivity contribution in [3.05, 3.63) is 65.0 Å². The van der Waals surface area contributed by atoms with Crippen LogP contribution >= 0.6 is 0 Å². The Kier molecular flexibility index (Phi) is 5.67. The van der Waals surface area contributed by atoms with Gasteiger partial charge < -0.3 is 10.2 Å². The monoisotopic (exact) mass is 437 g/mol. The van der Waals surface area contributed by atoms with Crippen LogP contribution in [0, 0.1) is 12.4 Å². The Balaban J connectivity index is 1.59. The van der Waals surface area contributed by atoms with Crippen LogP contribution in [0.5, 0.6) is 0 Å². The van der Waals surface area contributed by atoms with E-state index in [9.17, 15) is 14.0 Å². The number of nitrogens with zero attached hydrogens (tertiary/aromatic N) is 6. The molecule has 0 radical (unpaired) electrons. The summed E-state index contributed by atoms with van der Waals surface area (Å²) in [7, 11) is 1.72. The van der Waals surface area contributed by atoms with Gasteiger partial charge in [-0.2, -0.15) is 5.10 Å². The molecule has 0 bridgehead atoms. The molecular weight excluding hydrogens is 413 g/mol. The number of anilines is 1. The van der Waals surface area contributed by atoms with Crippen molar-refractivity contribution in [3.8, 4) is 0 Å². The minimum absolute atomic E-state index is 0.146. The molecule has 10 heteroatoms. The SMILES string of the molecule is [C-]#[N+]c1cc(NC(=O)N2Cc3c(nn4c3C(=O)N(C)N(CC=C)CC4)C[C@H]2C)ccc1F. The van der Waals surface area contributed by atoms with Gasteiger partial charge in [0.1, 0.15) is 11.5 Å². The van der Waals surface area contributed by atoms with E-state index in [-0.39, 0.29) is 30.2 Å². The molecule has 166 valence electrons. The second-order valence-corrected chi connectivity index (χ2v) is 7.92. The quantitative estimate of drug-likeness (QED) is 0.592. The molecule has 1 aromatic carbocycles. The largest absolute Gasteiger partial charge is 0.322 e. The van der Waals surface area contributed by atoms with Crippen LogP contribution in [0.1, 0.15) is 28.7 Å². The van der Waals surface area contributed by atoms with Crippen LogP contribution in [0.25, 0.3) is 4.85 Å². The van der Waals surface area contributed by atoms with Crippen LogP contribution in [0.4, 0.5) is 20.6 Å². The Bertz CT molecular complexity index is 1140. The second-order valence-electron chi connectivity index (χ2n) is 7.92. The van der Waals surface area contributed by atoms with Crippen LogP contribution in [0.3, 0.4) is 0 Å². The minimum Gasteiger partial charge on any atom is -0.317 e. The first-order valence-electron chi connectivity index (χ1n) is 10.3. The molecule has 0 unspecified atom stereocenters. The van der Waals surface area contributed by atoms with E-state index >= 15 is 0 Å². The van der Waals surface area contributed by atoms with Gasteiger partial charge in [-0.3, -0.25) is 14.5 Å². The molecule has 0 spiro atoms. The fourth-order valence-electron chi connectivity index (χ4n) is 4.14. The van der Waals surface area contributed by atoms with Crippen molar-refractivity contribution in [2.45, 2.75) is 32.5 Å². The third-order valence-corrected chi connectivity index (χ3v) is 5.89. The highest BCUT2D eigenvalue weighted by Crippen LogP contribution is 2.29. The number of hydrogen-bond acceptors (Lipinski definition) is 4. The predicted molar refractivity (Wildman–Crippen MR) is 116 cm³/mol. The van der Waals surface area contributed by atoms with Gasteiger partial charge in [0.2, 0.25) is 5.69 Å². The van der Waals surface area contributed by atoms with Crippen LogP contribution in [-0.4, -0.2) is 62.8 Å². The van der Waals surface area contributed by atoms with Crippen molar-refractivity contribution in [1.82, 2.24) is 24.7 Å². The van der Waals surface area contributed by atoms with Crippen LogP contribution in [-0.2, 0) is 19.5 Å². The smallest absolute Gasteiger partial charge is 0.317 e.